The Morgan fingerprint density at radius 2 is 1.55 bits per heavy atom. The molecule has 0 atom stereocenters. The van der Waals surface area contributed by atoms with E-state index in [1.165, 1.54) is 13.8 Å². The van der Waals surface area contributed by atoms with E-state index in [0.29, 0.717) is 0 Å². The van der Waals surface area contributed by atoms with Crippen LogP contribution in [-0.4, -0.2) is 11.9 Å². The first kappa shape index (κ1) is 9.46. The third-order valence-electron chi connectivity index (χ3n) is 0.617. The van der Waals surface area contributed by atoms with Crippen LogP contribution in [0.2, 0.25) is 0 Å². The summed E-state index contributed by atoms with van der Waals surface area (Å²) in [7, 11) is 0. The van der Waals surface area contributed by atoms with Gasteiger partial charge in [-0.1, -0.05) is 0 Å². The number of hydrogen-bond acceptors (Lipinski definition) is 4. The molecular weight excluding hydrogens is 148 g/mol. The largest absolute Gasteiger partial charge is 0.386 e. The molecule has 0 aromatic rings. The molecule has 0 saturated carbocycles. The van der Waals surface area contributed by atoms with Gasteiger partial charge in [0, 0.05) is 13.8 Å². The highest BCUT2D eigenvalue weighted by atomic mass is 16.7. The van der Waals surface area contributed by atoms with Crippen molar-refractivity contribution in [2.45, 2.75) is 13.8 Å². The van der Waals surface area contributed by atoms with E-state index in [1.54, 1.807) is 0 Å². The summed E-state index contributed by atoms with van der Waals surface area (Å²) >= 11 is 0. The van der Waals surface area contributed by atoms with Gasteiger partial charge in [0.2, 0.25) is 0 Å². The minimum Gasteiger partial charge on any atom is -0.386 e. The molecule has 0 aliphatic heterocycles. The Morgan fingerprint density at radius 3 is 1.73 bits per heavy atom. The number of ether oxygens (including phenoxy) is 2. The molecule has 0 bridgehead atoms. The molecule has 0 aliphatic rings. The third kappa shape index (κ3) is 4.93. The van der Waals surface area contributed by atoms with Crippen LogP contribution < -0.4 is 0 Å². The van der Waals surface area contributed by atoms with Crippen LogP contribution in [0.1, 0.15) is 13.8 Å². The van der Waals surface area contributed by atoms with E-state index in [-0.39, 0.29) is 5.95 Å². The van der Waals surface area contributed by atoms with Crippen molar-refractivity contribution >= 4 is 11.9 Å². The van der Waals surface area contributed by atoms with Crippen molar-refractivity contribution in [3.05, 3.63) is 18.3 Å². The van der Waals surface area contributed by atoms with E-state index < -0.39 is 11.9 Å². The lowest BCUT2D eigenvalue weighted by atomic mass is 10.7. The standard InChI is InChI=1S/C7H8O4/c1-4-7(10-5(2)8)11-6(3)9/h1H2,2-3H3. The van der Waals surface area contributed by atoms with Crippen LogP contribution in [0.15, 0.2) is 18.3 Å². The van der Waals surface area contributed by atoms with Crippen molar-refractivity contribution in [3.63, 3.8) is 0 Å². The van der Waals surface area contributed by atoms with E-state index in [9.17, 15) is 9.59 Å². The first-order valence-corrected chi connectivity index (χ1v) is 2.83. The molecule has 4 heteroatoms. The minimum atomic E-state index is -0.586. The number of esters is 2. The van der Waals surface area contributed by atoms with Crippen molar-refractivity contribution in [2.75, 3.05) is 0 Å². The monoisotopic (exact) mass is 156 g/mol. The molecule has 0 rings (SSSR count). The molecule has 0 amide bonds. The van der Waals surface area contributed by atoms with Gasteiger partial charge in [-0.15, -0.1) is 0 Å². The average Bonchev–Trinajstić information content (AvgIpc) is 1.84. The van der Waals surface area contributed by atoms with Gasteiger partial charge in [-0.3, -0.25) is 9.59 Å². The van der Waals surface area contributed by atoms with Crippen molar-refractivity contribution < 1.29 is 19.1 Å². The van der Waals surface area contributed by atoms with E-state index in [1.807, 2.05) is 0 Å². The molecule has 0 radical (unpaired) electrons. The van der Waals surface area contributed by atoms with Crippen molar-refractivity contribution in [2.24, 2.45) is 0 Å². The predicted molar refractivity (Wildman–Crippen MR) is 36.2 cm³/mol. The SMILES string of the molecule is C=C=C(OC(C)=O)OC(C)=O. The Morgan fingerprint density at radius 1 is 1.18 bits per heavy atom. The van der Waals surface area contributed by atoms with Crippen LogP contribution in [-0.2, 0) is 19.1 Å². The van der Waals surface area contributed by atoms with Gasteiger partial charge < -0.3 is 9.47 Å². The van der Waals surface area contributed by atoms with Crippen LogP contribution in [0.3, 0.4) is 0 Å². The second kappa shape index (κ2) is 4.30. The minimum absolute atomic E-state index is 0.315. The average molecular weight is 156 g/mol. The summed E-state index contributed by atoms with van der Waals surface area (Å²) in [5.74, 6) is -1.49. The Hall–Kier alpha value is -1.54. The molecular formula is C7H8O4. The Kier molecular flexibility index (Phi) is 3.70. The number of rotatable bonds is 2. The van der Waals surface area contributed by atoms with Crippen LogP contribution >= 0.6 is 0 Å². The lowest BCUT2D eigenvalue weighted by Gasteiger charge is -2.01. The maximum absolute atomic E-state index is 10.3. The van der Waals surface area contributed by atoms with Gasteiger partial charge in [-0.2, -0.15) is 0 Å². The van der Waals surface area contributed by atoms with Gasteiger partial charge >= 0.3 is 17.9 Å². The number of carbonyl (C=O) groups is 2. The van der Waals surface area contributed by atoms with Gasteiger partial charge in [-0.05, 0) is 12.3 Å². The molecule has 0 heterocycles. The molecule has 0 N–H and O–H groups in total. The second-order valence-corrected chi connectivity index (χ2v) is 1.65. The number of carbonyl (C=O) groups excluding carboxylic acids is 2. The molecule has 0 aromatic carbocycles. The third-order valence-corrected chi connectivity index (χ3v) is 0.617. The number of hydrogen-bond donors (Lipinski definition) is 0. The van der Waals surface area contributed by atoms with Gasteiger partial charge in [0.1, 0.15) is 0 Å². The van der Waals surface area contributed by atoms with Gasteiger partial charge in [-0.25, -0.2) is 0 Å². The van der Waals surface area contributed by atoms with Gasteiger partial charge in [0.25, 0.3) is 0 Å². The smallest absolute Gasteiger partial charge is 0.342 e. The lowest BCUT2D eigenvalue weighted by Crippen LogP contribution is -2.05. The van der Waals surface area contributed by atoms with Gasteiger partial charge in [0.05, 0.1) is 0 Å². The predicted octanol–water partition coefficient (Wildman–Crippen LogP) is 0.739. The quantitative estimate of drug-likeness (QED) is 0.336. The molecule has 0 spiro atoms. The summed E-state index contributed by atoms with van der Waals surface area (Å²) in [6, 6.07) is 0. The summed E-state index contributed by atoms with van der Waals surface area (Å²) in [5, 5.41) is 0. The van der Waals surface area contributed by atoms with E-state index in [2.05, 4.69) is 21.8 Å². The van der Waals surface area contributed by atoms with E-state index in [4.69, 9.17) is 0 Å². The summed E-state index contributed by atoms with van der Waals surface area (Å²) in [6.45, 7) is 5.51. The van der Waals surface area contributed by atoms with Crippen molar-refractivity contribution in [1.29, 1.82) is 0 Å². The lowest BCUT2D eigenvalue weighted by molar-refractivity contribution is -0.150. The maximum atomic E-state index is 10.3. The zero-order valence-electron chi connectivity index (χ0n) is 6.34. The molecule has 0 aliphatic carbocycles. The molecule has 0 saturated heterocycles. The second-order valence-electron chi connectivity index (χ2n) is 1.65. The topological polar surface area (TPSA) is 52.6 Å². The molecule has 4 nitrogen and oxygen atoms in total. The highest BCUT2D eigenvalue weighted by Crippen LogP contribution is 1.97. The fourth-order valence-corrected chi connectivity index (χ4v) is 0.354. The van der Waals surface area contributed by atoms with Crippen molar-refractivity contribution in [1.82, 2.24) is 0 Å². The Labute approximate surface area is 64.1 Å². The molecule has 0 aromatic heterocycles. The summed E-state index contributed by atoms with van der Waals surface area (Å²) < 4.78 is 8.74. The normalized spacial score (nSPS) is 7.82. The summed E-state index contributed by atoms with van der Waals surface area (Å²) in [4.78, 5) is 20.6. The summed E-state index contributed by atoms with van der Waals surface area (Å²) in [6.07, 6.45) is 0. The maximum Gasteiger partial charge on any atom is 0.342 e. The molecule has 11 heavy (non-hydrogen) atoms. The zero-order chi connectivity index (χ0) is 8.85. The van der Waals surface area contributed by atoms with Crippen LogP contribution in [0.25, 0.3) is 0 Å². The first-order valence-electron chi connectivity index (χ1n) is 2.83. The van der Waals surface area contributed by atoms with E-state index in [0.717, 1.165) is 0 Å². The first-order chi connectivity index (χ1) is 5.06. The molecule has 0 unspecified atom stereocenters. The van der Waals surface area contributed by atoms with Crippen LogP contribution in [0, 0.1) is 0 Å². The molecule has 0 fully saturated rings. The van der Waals surface area contributed by atoms with Gasteiger partial charge in [0.15, 0.2) is 0 Å². The Bertz CT molecular complexity index is 205. The van der Waals surface area contributed by atoms with Crippen LogP contribution in [0.4, 0.5) is 0 Å². The Balaban J connectivity index is 4.10. The highest BCUT2D eigenvalue weighted by molar-refractivity contribution is 5.69. The highest BCUT2D eigenvalue weighted by Gasteiger charge is 2.03. The van der Waals surface area contributed by atoms with E-state index >= 15 is 0 Å². The van der Waals surface area contributed by atoms with Crippen molar-refractivity contribution in [3.8, 4) is 0 Å². The summed E-state index contributed by atoms with van der Waals surface area (Å²) in [5.41, 5.74) is 2.15. The van der Waals surface area contributed by atoms with Crippen LogP contribution in [0.5, 0.6) is 0 Å². The fraction of sp³-hybridized carbons (Fsp3) is 0.286. The molecule has 60 valence electrons. The zero-order valence-corrected chi connectivity index (χ0v) is 6.34. The fourth-order valence-electron chi connectivity index (χ4n) is 0.354.